The number of nitrogens with one attached hydrogen (secondary N) is 1. The van der Waals surface area contributed by atoms with Crippen molar-refractivity contribution in [3.8, 4) is 0 Å². The first-order chi connectivity index (χ1) is 9.81. The van der Waals surface area contributed by atoms with Crippen LogP contribution in [0.5, 0.6) is 0 Å². The third-order valence-corrected chi connectivity index (χ3v) is 3.07. The van der Waals surface area contributed by atoms with E-state index in [0.29, 0.717) is 19.4 Å². The number of nitrogens with two attached hydrogens (primary N) is 1. The van der Waals surface area contributed by atoms with E-state index in [-0.39, 0.29) is 0 Å². The van der Waals surface area contributed by atoms with Crippen LogP contribution in [0.2, 0.25) is 0 Å². The highest BCUT2D eigenvalue weighted by Gasteiger charge is 2.27. The summed E-state index contributed by atoms with van der Waals surface area (Å²) in [6.45, 7) is 0.400. The molecule has 0 amide bonds. The highest BCUT2D eigenvalue weighted by atomic mass is 16.4. The molecule has 0 spiro atoms. The summed E-state index contributed by atoms with van der Waals surface area (Å²) in [5, 5.41) is 28.4. The van der Waals surface area contributed by atoms with Gasteiger partial charge in [-0.15, -0.1) is 0 Å². The standard InChI is InChI=1S/C7H11N3O2.C5H9NO3/c1-10-4-9-3-5(10)2-6(8)7(11)12;7-3-1-4(5(8)9)6-2-3/h3-4,6H,2,8H2,1H3,(H,11,12);3-4,6-7H,1-2H2,(H,8,9)/t6-;3-,4+/m01/s1. The number of hydrogen-bond donors (Lipinski definition) is 5. The van der Waals surface area contributed by atoms with E-state index < -0.39 is 30.1 Å². The summed E-state index contributed by atoms with van der Waals surface area (Å²) in [5.74, 6) is -1.87. The molecular formula is C12H20N4O5. The summed E-state index contributed by atoms with van der Waals surface area (Å²) in [7, 11) is 1.80. The number of rotatable bonds is 4. The fraction of sp³-hybridized carbons (Fsp3) is 0.583. The molecule has 0 unspecified atom stereocenters. The lowest BCUT2D eigenvalue weighted by Gasteiger charge is -2.05. The van der Waals surface area contributed by atoms with E-state index in [2.05, 4.69) is 10.3 Å². The lowest BCUT2D eigenvalue weighted by Crippen LogP contribution is -2.32. The molecule has 3 atom stereocenters. The third kappa shape index (κ3) is 5.50. The monoisotopic (exact) mass is 300 g/mol. The molecule has 1 aliphatic rings. The van der Waals surface area contributed by atoms with Crippen LogP contribution in [-0.4, -0.2) is 61.5 Å². The molecule has 0 radical (unpaired) electrons. The van der Waals surface area contributed by atoms with Gasteiger partial charge in [-0.2, -0.15) is 0 Å². The predicted octanol–water partition coefficient (Wildman–Crippen LogP) is -1.83. The van der Waals surface area contributed by atoms with Crippen LogP contribution in [0.15, 0.2) is 12.5 Å². The van der Waals surface area contributed by atoms with Crippen molar-refractivity contribution in [1.29, 1.82) is 0 Å². The number of aliphatic hydroxyl groups excluding tert-OH is 1. The highest BCUT2D eigenvalue weighted by Crippen LogP contribution is 2.05. The number of carboxylic acid groups (broad SMARTS) is 2. The van der Waals surface area contributed by atoms with E-state index in [0.717, 1.165) is 5.69 Å². The molecule has 21 heavy (non-hydrogen) atoms. The number of aromatic nitrogens is 2. The van der Waals surface area contributed by atoms with Crippen molar-refractivity contribution in [3.63, 3.8) is 0 Å². The number of carboxylic acids is 2. The van der Waals surface area contributed by atoms with Gasteiger partial charge < -0.3 is 30.9 Å². The molecule has 118 valence electrons. The van der Waals surface area contributed by atoms with E-state index in [1.165, 1.54) is 0 Å². The van der Waals surface area contributed by atoms with Gasteiger partial charge in [0, 0.05) is 38.3 Å². The zero-order valence-corrected chi connectivity index (χ0v) is 11.6. The maximum Gasteiger partial charge on any atom is 0.320 e. The third-order valence-electron chi connectivity index (χ3n) is 3.07. The second kappa shape index (κ2) is 7.72. The second-order valence-electron chi connectivity index (χ2n) is 4.83. The minimum atomic E-state index is -0.990. The number of imidazole rings is 1. The molecular weight excluding hydrogens is 280 g/mol. The van der Waals surface area contributed by atoms with E-state index in [1.807, 2.05) is 0 Å². The van der Waals surface area contributed by atoms with Gasteiger partial charge in [0.1, 0.15) is 12.1 Å². The maximum atomic E-state index is 10.4. The first-order valence-corrected chi connectivity index (χ1v) is 6.39. The first-order valence-electron chi connectivity index (χ1n) is 6.39. The first kappa shape index (κ1) is 17.1. The van der Waals surface area contributed by atoms with Crippen molar-refractivity contribution >= 4 is 11.9 Å². The Kier molecular flexibility index (Phi) is 6.28. The van der Waals surface area contributed by atoms with E-state index in [9.17, 15) is 9.59 Å². The lowest BCUT2D eigenvalue weighted by molar-refractivity contribution is -0.139. The lowest BCUT2D eigenvalue weighted by atomic mass is 10.2. The Morgan fingerprint density at radius 1 is 1.57 bits per heavy atom. The number of aliphatic carboxylic acids is 2. The Labute approximate surface area is 121 Å². The predicted molar refractivity (Wildman–Crippen MR) is 72.6 cm³/mol. The van der Waals surface area contributed by atoms with Crippen molar-refractivity contribution in [3.05, 3.63) is 18.2 Å². The number of carbonyl (C=O) groups is 2. The number of β-amino-alcohol motifs (C(OH)–C–C–N with tert-alkyl or cyclic N) is 1. The molecule has 0 saturated carbocycles. The molecule has 1 fully saturated rings. The van der Waals surface area contributed by atoms with Gasteiger partial charge in [-0.05, 0) is 0 Å². The fourth-order valence-electron chi connectivity index (χ4n) is 1.80. The van der Waals surface area contributed by atoms with E-state index in [4.69, 9.17) is 21.1 Å². The molecule has 1 saturated heterocycles. The van der Waals surface area contributed by atoms with Crippen molar-refractivity contribution in [2.45, 2.75) is 31.0 Å². The largest absolute Gasteiger partial charge is 0.480 e. The fourth-order valence-corrected chi connectivity index (χ4v) is 1.80. The summed E-state index contributed by atoms with van der Waals surface area (Å²) < 4.78 is 1.75. The average molecular weight is 300 g/mol. The van der Waals surface area contributed by atoms with Gasteiger partial charge in [-0.25, -0.2) is 4.98 Å². The van der Waals surface area contributed by atoms with Crippen LogP contribution in [0.25, 0.3) is 0 Å². The van der Waals surface area contributed by atoms with Gasteiger partial charge in [-0.1, -0.05) is 0 Å². The topological polar surface area (TPSA) is 151 Å². The second-order valence-corrected chi connectivity index (χ2v) is 4.83. The minimum absolute atomic E-state index is 0.311. The van der Waals surface area contributed by atoms with Crippen LogP contribution in [0.3, 0.4) is 0 Å². The molecule has 9 nitrogen and oxygen atoms in total. The van der Waals surface area contributed by atoms with Gasteiger partial charge in [-0.3, -0.25) is 9.59 Å². The van der Waals surface area contributed by atoms with E-state index >= 15 is 0 Å². The SMILES string of the molecule is Cn1cncc1C[C@H](N)C(=O)O.O=C(O)[C@@H]1C[C@@H](O)CN1. The van der Waals surface area contributed by atoms with Crippen LogP contribution in [-0.2, 0) is 23.1 Å². The summed E-state index contributed by atoms with van der Waals surface area (Å²) in [5.41, 5.74) is 6.16. The molecule has 2 rings (SSSR count). The Hall–Kier alpha value is -1.97. The van der Waals surface area contributed by atoms with Crippen LogP contribution < -0.4 is 11.1 Å². The summed E-state index contributed by atoms with van der Waals surface area (Å²) in [6.07, 6.45) is 3.39. The number of nitrogens with zero attached hydrogens (tertiary/aromatic N) is 2. The Bertz CT molecular complexity index is 490. The smallest absolute Gasteiger partial charge is 0.320 e. The van der Waals surface area contributed by atoms with Gasteiger partial charge in [0.05, 0.1) is 12.4 Å². The van der Waals surface area contributed by atoms with Gasteiger partial charge in [0.25, 0.3) is 0 Å². The molecule has 0 bridgehead atoms. The van der Waals surface area contributed by atoms with Crippen molar-refractivity contribution in [2.24, 2.45) is 12.8 Å². The van der Waals surface area contributed by atoms with Crippen molar-refractivity contribution in [1.82, 2.24) is 14.9 Å². The molecule has 1 aliphatic heterocycles. The zero-order valence-electron chi connectivity index (χ0n) is 11.6. The Morgan fingerprint density at radius 2 is 2.24 bits per heavy atom. The summed E-state index contributed by atoms with van der Waals surface area (Å²) >= 11 is 0. The molecule has 1 aromatic rings. The Balaban J connectivity index is 0.000000219. The van der Waals surface area contributed by atoms with Crippen LogP contribution in [0.1, 0.15) is 12.1 Å². The normalized spacial score (nSPS) is 22.2. The highest BCUT2D eigenvalue weighted by molar-refractivity contribution is 5.74. The molecule has 1 aromatic heterocycles. The molecule has 0 aromatic carbocycles. The van der Waals surface area contributed by atoms with Gasteiger partial charge in [0.2, 0.25) is 0 Å². The maximum absolute atomic E-state index is 10.4. The number of hydrogen-bond acceptors (Lipinski definition) is 6. The van der Waals surface area contributed by atoms with Gasteiger partial charge >= 0.3 is 11.9 Å². The van der Waals surface area contributed by atoms with Crippen molar-refractivity contribution < 1.29 is 24.9 Å². The van der Waals surface area contributed by atoms with Gasteiger partial charge in [0.15, 0.2) is 0 Å². The molecule has 6 N–H and O–H groups in total. The summed E-state index contributed by atoms with van der Waals surface area (Å²) in [6, 6.07) is -1.39. The molecule has 2 heterocycles. The zero-order chi connectivity index (χ0) is 16.0. The van der Waals surface area contributed by atoms with E-state index in [1.54, 1.807) is 24.1 Å². The quantitative estimate of drug-likeness (QED) is 0.435. The van der Waals surface area contributed by atoms with Crippen molar-refractivity contribution in [2.75, 3.05) is 6.54 Å². The Morgan fingerprint density at radius 3 is 2.57 bits per heavy atom. The average Bonchev–Trinajstić information content (AvgIpc) is 3.00. The van der Waals surface area contributed by atoms with Crippen LogP contribution in [0, 0.1) is 0 Å². The van der Waals surface area contributed by atoms with Crippen LogP contribution in [0.4, 0.5) is 0 Å². The summed E-state index contributed by atoms with van der Waals surface area (Å²) in [4.78, 5) is 24.4. The molecule has 9 heteroatoms. The number of aryl methyl sites for hydroxylation is 1. The number of aliphatic hydroxyl groups is 1. The molecule has 0 aliphatic carbocycles. The minimum Gasteiger partial charge on any atom is -0.480 e. The van der Waals surface area contributed by atoms with Crippen LogP contribution >= 0.6 is 0 Å².